The lowest BCUT2D eigenvalue weighted by molar-refractivity contribution is -0.116. The molecule has 0 aromatic carbocycles. The van der Waals surface area contributed by atoms with Crippen LogP contribution in [0.3, 0.4) is 0 Å². The molecule has 0 spiro atoms. The van der Waals surface area contributed by atoms with Crippen molar-refractivity contribution in [3.05, 3.63) is 0 Å². The van der Waals surface area contributed by atoms with Crippen LogP contribution in [0.2, 0.25) is 0 Å². The molecule has 0 radical (unpaired) electrons. The predicted octanol–water partition coefficient (Wildman–Crippen LogP) is 6.55. The molecule has 126 valence electrons. The molecule has 0 aliphatic rings. The van der Waals surface area contributed by atoms with Crippen LogP contribution >= 0.6 is 7.26 Å². The van der Waals surface area contributed by atoms with Gasteiger partial charge in [0.05, 0.1) is 18.5 Å². The Balaban J connectivity index is 4.64. The number of hydrogen-bond acceptors (Lipinski definition) is 1. The summed E-state index contributed by atoms with van der Waals surface area (Å²) in [5.74, 6) is 0.583. The van der Waals surface area contributed by atoms with Gasteiger partial charge in [0.2, 0.25) is 0 Å². The number of hydrogen-bond donors (Lipinski definition) is 0. The minimum Gasteiger partial charge on any atom is -0.296 e. The number of rotatable bonds is 15. The quantitative estimate of drug-likeness (QED) is 0.247. The van der Waals surface area contributed by atoms with Gasteiger partial charge in [-0.3, -0.25) is 4.79 Å². The molecule has 0 saturated carbocycles. The molecule has 0 bridgehead atoms. The number of unbranched alkanes of at least 4 members (excludes halogenated alkanes) is 5. The van der Waals surface area contributed by atoms with E-state index in [0.29, 0.717) is 5.78 Å². The van der Waals surface area contributed by atoms with Crippen molar-refractivity contribution in [1.82, 2.24) is 0 Å². The molecule has 0 rings (SSSR count). The Labute approximate surface area is 135 Å². The zero-order chi connectivity index (χ0) is 16.0. The average molecular weight is 316 g/mol. The highest BCUT2D eigenvalue weighted by atomic mass is 31.2. The number of ketones is 1. The summed E-state index contributed by atoms with van der Waals surface area (Å²) in [5, 5.41) is 0. The summed E-state index contributed by atoms with van der Waals surface area (Å²) >= 11 is 0. The summed E-state index contributed by atoms with van der Waals surface area (Å²) in [4.78, 5) is 12.5. The third-order valence-corrected chi connectivity index (χ3v) is 9.35. The smallest absolute Gasteiger partial charge is 0.169 e. The van der Waals surface area contributed by atoms with Crippen molar-refractivity contribution in [2.45, 2.75) is 91.9 Å². The third-order valence-electron chi connectivity index (χ3n) is 4.53. The monoisotopic (exact) mass is 315 g/mol. The van der Waals surface area contributed by atoms with Crippen LogP contribution in [-0.2, 0) is 4.79 Å². The Hall–Kier alpha value is 0.100. The Morgan fingerprint density at radius 3 is 1.48 bits per heavy atom. The van der Waals surface area contributed by atoms with Crippen LogP contribution in [0.5, 0.6) is 0 Å². The van der Waals surface area contributed by atoms with Gasteiger partial charge in [0.25, 0.3) is 0 Å². The topological polar surface area (TPSA) is 17.1 Å². The van der Waals surface area contributed by atoms with Gasteiger partial charge in [0.15, 0.2) is 5.78 Å². The second-order valence-corrected chi connectivity index (χ2v) is 11.1. The summed E-state index contributed by atoms with van der Waals surface area (Å²) in [7, 11) is -1.00. The highest BCUT2D eigenvalue weighted by Gasteiger charge is 2.37. The lowest BCUT2D eigenvalue weighted by Gasteiger charge is -2.27. The molecule has 0 aromatic rings. The number of Topliss-reactive ketones (excluding diaryl/α,β-unsaturated/α-hetero) is 1. The first kappa shape index (κ1) is 21.1. The largest absolute Gasteiger partial charge is 0.296 e. The van der Waals surface area contributed by atoms with Crippen molar-refractivity contribution in [1.29, 1.82) is 0 Å². The van der Waals surface area contributed by atoms with Crippen molar-refractivity contribution >= 4 is 13.0 Å². The average Bonchev–Trinajstić information content (AvgIpc) is 2.49. The normalized spacial score (nSPS) is 11.8. The van der Waals surface area contributed by atoms with Crippen LogP contribution in [-0.4, -0.2) is 30.4 Å². The van der Waals surface area contributed by atoms with Gasteiger partial charge >= 0.3 is 0 Å². The Kier molecular flexibility index (Phi) is 13.8. The molecule has 0 aliphatic carbocycles. The molecule has 0 aromatic heterocycles. The van der Waals surface area contributed by atoms with Crippen molar-refractivity contribution in [2.24, 2.45) is 0 Å². The molecule has 0 fully saturated rings. The van der Waals surface area contributed by atoms with Gasteiger partial charge in [-0.15, -0.1) is 0 Å². The maximum Gasteiger partial charge on any atom is 0.169 e. The van der Waals surface area contributed by atoms with E-state index in [1.165, 1.54) is 69.9 Å². The van der Waals surface area contributed by atoms with E-state index in [1.54, 1.807) is 0 Å². The second kappa shape index (κ2) is 13.7. The van der Waals surface area contributed by atoms with Gasteiger partial charge in [0, 0.05) is 13.7 Å². The van der Waals surface area contributed by atoms with Crippen molar-refractivity contribution < 1.29 is 4.79 Å². The van der Waals surface area contributed by atoms with Crippen molar-refractivity contribution in [3.63, 3.8) is 0 Å². The molecule has 0 saturated heterocycles. The van der Waals surface area contributed by atoms with Crippen LogP contribution in [0.4, 0.5) is 0 Å². The van der Waals surface area contributed by atoms with Crippen molar-refractivity contribution in [3.8, 4) is 0 Å². The van der Waals surface area contributed by atoms with E-state index in [1.807, 2.05) is 0 Å². The maximum absolute atomic E-state index is 12.5. The molecule has 0 N–H and O–H groups in total. The van der Waals surface area contributed by atoms with Gasteiger partial charge in [0.1, 0.15) is 6.16 Å². The zero-order valence-electron chi connectivity index (χ0n) is 15.3. The molecule has 0 heterocycles. The Morgan fingerprint density at radius 2 is 1.10 bits per heavy atom. The highest BCUT2D eigenvalue weighted by Crippen LogP contribution is 2.60. The van der Waals surface area contributed by atoms with Gasteiger partial charge in [-0.1, -0.05) is 59.8 Å². The first-order chi connectivity index (χ1) is 10.1. The van der Waals surface area contributed by atoms with E-state index in [2.05, 4.69) is 27.7 Å². The first-order valence-corrected chi connectivity index (χ1v) is 12.0. The molecule has 0 amide bonds. The summed E-state index contributed by atoms with van der Waals surface area (Å²) in [6.45, 7) is 9.08. The summed E-state index contributed by atoms with van der Waals surface area (Å²) in [6.07, 6.45) is 17.4. The van der Waals surface area contributed by atoms with Crippen LogP contribution in [0.15, 0.2) is 0 Å². The van der Waals surface area contributed by atoms with Crippen molar-refractivity contribution in [2.75, 3.05) is 24.6 Å². The van der Waals surface area contributed by atoms with Gasteiger partial charge in [-0.25, -0.2) is 0 Å². The fourth-order valence-electron chi connectivity index (χ4n) is 3.08. The Morgan fingerprint density at radius 1 is 0.667 bits per heavy atom. The van der Waals surface area contributed by atoms with Crippen LogP contribution < -0.4 is 0 Å². The van der Waals surface area contributed by atoms with E-state index in [-0.39, 0.29) is 0 Å². The molecule has 2 heteroatoms. The molecular formula is C19H40OP+. The van der Waals surface area contributed by atoms with Crippen LogP contribution in [0.1, 0.15) is 91.9 Å². The predicted molar refractivity (Wildman–Crippen MR) is 100 cm³/mol. The lowest BCUT2D eigenvalue weighted by Crippen LogP contribution is -2.18. The van der Waals surface area contributed by atoms with E-state index in [0.717, 1.165) is 19.0 Å². The fraction of sp³-hybridized carbons (Fsp3) is 0.947. The van der Waals surface area contributed by atoms with Gasteiger partial charge < -0.3 is 0 Å². The number of carbonyl (C=O) groups is 1. The third kappa shape index (κ3) is 10.5. The molecule has 0 atom stereocenters. The molecule has 1 nitrogen and oxygen atoms in total. The molecule has 0 unspecified atom stereocenters. The zero-order valence-corrected chi connectivity index (χ0v) is 16.1. The summed E-state index contributed by atoms with van der Waals surface area (Å²) in [5.41, 5.74) is 0. The molecular weight excluding hydrogens is 275 g/mol. The minimum atomic E-state index is -1.00. The SMILES string of the molecule is CCCCCC(=O)C[P+](CCCC)(CCCC)CCCC. The van der Waals surface area contributed by atoms with E-state index >= 15 is 0 Å². The first-order valence-electron chi connectivity index (χ1n) is 9.50. The fourth-order valence-corrected chi connectivity index (χ4v) is 8.09. The van der Waals surface area contributed by atoms with E-state index < -0.39 is 7.26 Å². The summed E-state index contributed by atoms with van der Waals surface area (Å²) < 4.78 is 0. The molecule has 0 aliphatic heterocycles. The number of carbonyl (C=O) groups excluding carboxylic acids is 1. The maximum atomic E-state index is 12.5. The molecule has 21 heavy (non-hydrogen) atoms. The van der Waals surface area contributed by atoms with E-state index in [9.17, 15) is 4.79 Å². The van der Waals surface area contributed by atoms with Gasteiger partial charge in [-0.2, -0.15) is 0 Å². The van der Waals surface area contributed by atoms with Crippen LogP contribution in [0, 0.1) is 0 Å². The van der Waals surface area contributed by atoms with Crippen LogP contribution in [0.25, 0.3) is 0 Å². The Bertz CT molecular complexity index is 228. The van der Waals surface area contributed by atoms with E-state index in [4.69, 9.17) is 0 Å². The van der Waals surface area contributed by atoms with Gasteiger partial charge in [-0.05, 0) is 25.7 Å². The lowest BCUT2D eigenvalue weighted by atomic mass is 10.2. The second-order valence-electron chi connectivity index (χ2n) is 6.73. The minimum absolute atomic E-state index is 0.583. The summed E-state index contributed by atoms with van der Waals surface area (Å²) in [6, 6.07) is 0. The standard InChI is InChI=1S/C19H40OP/c1-5-9-13-14-19(20)18-21(15-10-6-2,16-11-7-3)17-12-8-4/h5-18H2,1-4H3/q+1. The highest BCUT2D eigenvalue weighted by molar-refractivity contribution is 7.76.